The third-order valence-corrected chi connectivity index (χ3v) is 3.70. The first-order valence-electron chi connectivity index (χ1n) is 6.54. The molecule has 1 aromatic heterocycles. The van der Waals surface area contributed by atoms with E-state index in [1.807, 2.05) is 19.1 Å². The summed E-state index contributed by atoms with van der Waals surface area (Å²) in [6, 6.07) is 4.59. The van der Waals surface area contributed by atoms with E-state index in [1.165, 1.54) is 0 Å². The standard InChI is InChI=1S/C14H23NO2/c1-4-14(3)9-12(7-8-16-14)15-10-13-6-5-11(2)17-13/h5-6,12,15H,4,7-10H2,1-3H3. The van der Waals surface area contributed by atoms with Crippen LogP contribution in [0.25, 0.3) is 0 Å². The lowest BCUT2D eigenvalue weighted by Gasteiger charge is -2.38. The van der Waals surface area contributed by atoms with E-state index in [-0.39, 0.29) is 5.60 Å². The zero-order valence-electron chi connectivity index (χ0n) is 11.1. The van der Waals surface area contributed by atoms with Gasteiger partial charge in [-0.15, -0.1) is 0 Å². The van der Waals surface area contributed by atoms with E-state index in [0.717, 1.165) is 43.9 Å². The number of nitrogens with one attached hydrogen (secondary N) is 1. The molecule has 0 radical (unpaired) electrons. The SMILES string of the molecule is CCC1(C)CC(NCc2ccc(C)o2)CCO1. The van der Waals surface area contributed by atoms with E-state index in [1.54, 1.807) is 0 Å². The molecular formula is C14H23NO2. The molecule has 1 fully saturated rings. The molecule has 2 rings (SSSR count). The van der Waals surface area contributed by atoms with Gasteiger partial charge in [0, 0.05) is 12.6 Å². The molecule has 96 valence electrons. The van der Waals surface area contributed by atoms with Crippen molar-refractivity contribution < 1.29 is 9.15 Å². The highest BCUT2D eigenvalue weighted by molar-refractivity contribution is 5.05. The van der Waals surface area contributed by atoms with Crippen molar-refractivity contribution in [1.29, 1.82) is 0 Å². The van der Waals surface area contributed by atoms with Crippen molar-refractivity contribution in [2.24, 2.45) is 0 Å². The molecule has 1 aliphatic heterocycles. The van der Waals surface area contributed by atoms with E-state index in [0.29, 0.717) is 6.04 Å². The second-order valence-corrected chi connectivity index (χ2v) is 5.23. The summed E-state index contributed by atoms with van der Waals surface area (Å²) in [5.41, 5.74) is 0.0506. The summed E-state index contributed by atoms with van der Waals surface area (Å²) >= 11 is 0. The third kappa shape index (κ3) is 3.33. The fraction of sp³-hybridized carbons (Fsp3) is 0.714. The number of hydrogen-bond donors (Lipinski definition) is 1. The highest BCUT2D eigenvalue weighted by Crippen LogP contribution is 2.27. The van der Waals surface area contributed by atoms with E-state index < -0.39 is 0 Å². The van der Waals surface area contributed by atoms with Gasteiger partial charge >= 0.3 is 0 Å². The van der Waals surface area contributed by atoms with E-state index in [2.05, 4.69) is 19.2 Å². The summed E-state index contributed by atoms with van der Waals surface area (Å²) < 4.78 is 11.4. The number of furan rings is 1. The summed E-state index contributed by atoms with van der Waals surface area (Å²) in [4.78, 5) is 0. The predicted molar refractivity (Wildman–Crippen MR) is 68.0 cm³/mol. The molecule has 2 heterocycles. The highest BCUT2D eigenvalue weighted by atomic mass is 16.5. The van der Waals surface area contributed by atoms with Crippen molar-refractivity contribution >= 4 is 0 Å². The number of ether oxygens (including phenoxy) is 1. The average molecular weight is 237 g/mol. The molecule has 3 heteroatoms. The molecule has 3 nitrogen and oxygen atoms in total. The van der Waals surface area contributed by atoms with Crippen LogP contribution < -0.4 is 5.32 Å². The highest BCUT2D eigenvalue weighted by Gasteiger charge is 2.31. The number of aryl methyl sites for hydroxylation is 1. The maximum absolute atomic E-state index is 5.84. The van der Waals surface area contributed by atoms with Crippen molar-refractivity contribution in [2.45, 2.75) is 58.2 Å². The largest absolute Gasteiger partial charge is 0.465 e. The van der Waals surface area contributed by atoms with Crippen LogP contribution in [0.5, 0.6) is 0 Å². The molecule has 1 saturated heterocycles. The van der Waals surface area contributed by atoms with Gasteiger partial charge in [0.15, 0.2) is 0 Å². The first-order valence-corrected chi connectivity index (χ1v) is 6.54. The van der Waals surface area contributed by atoms with Crippen molar-refractivity contribution in [2.75, 3.05) is 6.61 Å². The normalized spacial score (nSPS) is 29.5. The van der Waals surface area contributed by atoms with Crippen LogP contribution in [0.4, 0.5) is 0 Å². The number of hydrogen-bond acceptors (Lipinski definition) is 3. The summed E-state index contributed by atoms with van der Waals surface area (Å²) in [5.74, 6) is 2.00. The Morgan fingerprint density at radius 1 is 1.47 bits per heavy atom. The second kappa shape index (κ2) is 5.23. The Morgan fingerprint density at radius 2 is 2.29 bits per heavy atom. The van der Waals surface area contributed by atoms with Gasteiger partial charge in [-0.1, -0.05) is 6.92 Å². The molecule has 2 atom stereocenters. The summed E-state index contributed by atoms with van der Waals surface area (Å²) in [5, 5.41) is 3.57. The van der Waals surface area contributed by atoms with Gasteiger partial charge < -0.3 is 14.5 Å². The Morgan fingerprint density at radius 3 is 2.94 bits per heavy atom. The predicted octanol–water partition coefficient (Wildman–Crippen LogP) is 3.03. The maximum atomic E-state index is 5.84. The molecular weight excluding hydrogens is 214 g/mol. The molecule has 1 N–H and O–H groups in total. The molecule has 1 aliphatic rings. The Balaban J connectivity index is 1.83. The summed E-state index contributed by atoms with van der Waals surface area (Å²) in [6.07, 6.45) is 3.25. The van der Waals surface area contributed by atoms with Gasteiger partial charge in [-0.25, -0.2) is 0 Å². The Labute approximate surface area is 104 Å². The first kappa shape index (κ1) is 12.7. The van der Waals surface area contributed by atoms with Crippen LogP contribution >= 0.6 is 0 Å². The fourth-order valence-corrected chi connectivity index (χ4v) is 2.38. The smallest absolute Gasteiger partial charge is 0.117 e. The van der Waals surface area contributed by atoms with Gasteiger partial charge in [-0.3, -0.25) is 0 Å². The van der Waals surface area contributed by atoms with Gasteiger partial charge in [0.1, 0.15) is 11.5 Å². The topological polar surface area (TPSA) is 34.4 Å². The molecule has 17 heavy (non-hydrogen) atoms. The van der Waals surface area contributed by atoms with Crippen molar-refractivity contribution in [3.63, 3.8) is 0 Å². The molecule has 0 amide bonds. The lowest BCUT2D eigenvalue weighted by atomic mass is 9.90. The van der Waals surface area contributed by atoms with Gasteiger partial charge in [0.25, 0.3) is 0 Å². The molecule has 0 spiro atoms. The Hall–Kier alpha value is -0.800. The zero-order chi connectivity index (χ0) is 12.3. The van der Waals surface area contributed by atoms with Crippen molar-refractivity contribution in [3.05, 3.63) is 23.7 Å². The van der Waals surface area contributed by atoms with Crippen LogP contribution in [0, 0.1) is 6.92 Å². The maximum Gasteiger partial charge on any atom is 0.117 e. The van der Waals surface area contributed by atoms with Crippen molar-refractivity contribution in [1.82, 2.24) is 5.32 Å². The van der Waals surface area contributed by atoms with Crippen LogP contribution in [-0.2, 0) is 11.3 Å². The van der Waals surface area contributed by atoms with E-state index >= 15 is 0 Å². The lowest BCUT2D eigenvalue weighted by Crippen LogP contribution is -2.44. The fourth-order valence-electron chi connectivity index (χ4n) is 2.38. The van der Waals surface area contributed by atoms with Crippen LogP contribution in [-0.4, -0.2) is 18.2 Å². The van der Waals surface area contributed by atoms with Gasteiger partial charge in [0.05, 0.1) is 12.1 Å². The minimum absolute atomic E-state index is 0.0506. The van der Waals surface area contributed by atoms with Crippen LogP contribution in [0.3, 0.4) is 0 Å². The molecule has 2 unspecified atom stereocenters. The lowest BCUT2D eigenvalue weighted by molar-refractivity contribution is -0.0782. The van der Waals surface area contributed by atoms with Crippen LogP contribution in [0.1, 0.15) is 44.6 Å². The minimum atomic E-state index is 0.0506. The monoisotopic (exact) mass is 237 g/mol. The molecule has 0 bridgehead atoms. The quantitative estimate of drug-likeness (QED) is 0.874. The summed E-state index contributed by atoms with van der Waals surface area (Å²) in [6.45, 7) is 8.06. The number of rotatable bonds is 4. The zero-order valence-corrected chi connectivity index (χ0v) is 11.1. The van der Waals surface area contributed by atoms with Gasteiger partial charge in [-0.2, -0.15) is 0 Å². The molecule has 0 aromatic carbocycles. The van der Waals surface area contributed by atoms with E-state index in [4.69, 9.17) is 9.15 Å². The van der Waals surface area contributed by atoms with Crippen molar-refractivity contribution in [3.8, 4) is 0 Å². The van der Waals surface area contributed by atoms with Gasteiger partial charge in [-0.05, 0) is 45.2 Å². The minimum Gasteiger partial charge on any atom is -0.465 e. The average Bonchev–Trinajstić information content (AvgIpc) is 2.73. The Bertz CT molecular complexity index is 361. The second-order valence-electron chi connectivity index (χ2n) is 5.23. The van der Waals surface area contributed by atoms with Crippen LogP contribution in [0.15, 0.2) is 16.5 Å². The van der Waals surface area contributed by atoms with E-state index in [9.17, 15) is 0 Å². The summed E-state index contributed by atoms with van der Waals surface area (Å²) in [7, 11) is 0. The molecule has 1 aromatic rings. The third-order valence-electron chi connectivity index (χ3n) is 3.70. The van der Waals surface area contributed by atoms with Crippen LogP contribution in [0.2, 0.25) is 0 Å². The first-order chi connectivity index (χ1) is 8.11. The molecule has 0 aliphatic carbocycles. The molecule has 0 saturated carbocycles. The Kier molecular flexibility index (Phi) is 3.89. The van der Waals surface area contributed by atoms with Gasteiger partial charge in [0.2, 0.25) is 0 Å².